The maximum Gasteiger partial charge on any atom is 0.306 e. The van der Waals surface area contributed by atoms with Crippen LogP contribution in [0.25, 0.3) is 11.1 Å². The molecule has 0 bridgehead atoms. The second-order valence-electron chi connectivity index (χ2n) is 9.02. The number of aryl methyl sites for hydroxylation is 3. The molecule has 3 aromatic rings. The van der Waals surface area contributed by atoms with Crippen molar-refractivity contribution < 1.29 is 23.4 Å². The van der Waals surface area contributed by atoms with Crippen LogP contribution in [0.3, 0.4) is 0 Å². The highest BCUT2D eigenvalue weighted by atomic mass is 19.1. The average Bonchev–Trinajstić information content (AvgIpc) is 2.87. The van der Waals surface area contributed by atoms with Crippen molar-refractivity contribution in [2.24, 2.45) is 0 Å². The summed E-state index contributed by atoms with van der Waals surface area (Å²) in [5, 5.41) is 3.31. The molecule has 0 radical (unpaired) electrons. The quantitative estimate of drug-likeness (QED) is 0.193. The first-order valence-corrected chi connectivity index (χ1v) is 12.9. The monoisotopic (exact) mass is 507 g/mol. The molecule has 5 nitrogen and oxygen atoms in total. The highest BCUT2D eigenvalue weighted by Crippen LogP contribution is 2.29. The van der Waals surface area contributed by atoms with Gasteiger partial charge in [-0.3, -0.25) is 4.79 Å². The minimum Gasteiger partial charge on any atom is -0.466 e. The van der Waals surface area contributed by atoms with Crippen LogP contribution in [0.4, 0.5) is 10.1 Å². The number of esters is 1. The van der Waals surface area contributed by atoms with Crippen LogP contribution < -0.4 is 5.32 Å². The molecule has 0 spiro atoms. The van der Waals surface area contributed by atoms with E-state index in [4.69, 9.17) is 14.2 Å². The molecule has 0 fully saturated rings. The van der Waals surface area contributed by atoms with E-state index in [1.54, 1.807) is 13.0 Å². The highest BCUT2D eigenvalue weighted by Gasteiger charge is 2.10. The van der Waals surface area contributed by atoms with Crippen molar-refractivity contribution in [2.75, 3.05) is 31.7 Å². The molecule has 0 atom stereocenters. The number of nitrogens with one attached hydrogen (secondary N) is 1. The Hall–Kier alpha value is -3.22. The Morgan fingerprint density at radius 3 is 2.35 bits per heavy atom. The highest BCUT2D eigenvalue weighted by molar-refractivity contribution is 5.72. The summed E-state index contributed by atoms with van der Waals surface area (Å²) in [6.07, 6.45) is 0.495. The predicted octanol–water partition coefficient (Wildman–Crippen LogP) is 6.77. The number of ether oxygens (including phenoxy) is 3. The molecule has 0 unspecified atom stereocenters. The van der Waals surface area contributed by atoms with Gasteiger partial charge in [0.15, 0.2) is 0 Å². The summed E-state index contributed by atoms with van der Waals surface area (Å²) in [6, 6.07) is 17.8. The molecular formula is C31H38FNO4. The first-order chi connectivity index (χ1) is 17.9. The lowest BCUT2D eigenvalue weighted by atomic mass is 9.93. The van der Waals surface area contributed by atoms with Gasteiger partial charge in [-0.1, -0.05) is 36.4 Å². The van der Waals surface area contributed by atoms with Gasteiger partial charge in [0.2, 0.25) is 0 Å². The Morgan fingerprint density at radius 1 is 0.892 bits per heavy atom. The van der Waals surface area contributed by atoms with Crippen molar-refractivity contribution in [1.82, 2.24) is 0 Å². The molecule has 1 N–H and O–H groups in total. The molecule has 0 heterocycles. The predicted molar refractivity (Wildman–Crippen MR) is 146 cm³/mol. The summed E-state index contributed by atoms with van der Waals surface area (Å²) in [5.74, 6) is -0.633. The SMILES string of the molecule is CCOCCOCc1cc(C)c(-c2cccc(CNc3ccc(CCC(=O)OCC)c(F)c3)c2)c(C)c1. The minimum absolute atomic E-state index is 0.172. The third-order valence-electron chi connectivity index (χ3n) is 6.11. The number of anilines is 1. The Morgan fingerprint density at radius 2 is 1.65 bits per heavy atom. The van der Waals surface area contributed by atoms with E-state index in [0.29, 0.717) is 57.3 Å². The molecule has 0 aliphatic heterocycles. The first-order valence-electron chi connectivity index (χ1n) is 12.9. The van der Waals surface area contributed by atoms with Crippen molar-refractivity contribution in [3.8, 4) is 11.1 Å². The van der Waals surface area contributed by atoms with E-state index in [1.165, 1.54) is 22.8 Å². The molecule has 37 heavy (non-hydrogen) atoms. The van der Waals surface area contributed by atoms with Crippen LogP contribution in [0, 0.1) is 19.7 Å². The fourth-order valence-corrected chi connectivity index (χ4v) is 4.41. The van der Waals surface area contributed by atoms with Crippen molar-refractivity contribution in [2.45, 2.75) is 53.7 Å². The van der Waals surface area contributed by atoms with Gasteiger partial charge in [-0.2, -0.15) is 0 Å². The number of rotatable bonds is 14. The molecule has 0 amide bonds. The van der Waals surface area contributed by atoms with Gasteiger partial charge in [0.05, 0.1) is 26.4 Å². The molecule has 3 aromatic carbocycles. The van der Waals surface area contributed by atoms with Crippen LogP contribution in [0.5, 0.6) is 0 Å². The van der Waals surface area contributed by atoms with E-state index in [9.17, 15) is 9.18 Å². The normalized spacial score (nSPS) is 10.9. The number of halogens is 1. The van der Waals surface area contributed by atoms with Crippen molar-refractivity contribution in [1.29, 1.82) is 0 Å². The van der Waals surface area contributed by atoms with E-state index < -0.39 is 0 Å². The summed E-state index contributed by atoms with van der Waals surface area (Å²) in [7, 11) is 0. The van der Waals surface area contributed by atoms with Gasteiger partial charge >= 0.3 is 5.97 Å². The maximum absolute atomic E-state index is 14.5. The molecule has 0 saturated heterocycles. The van der Waals surface area contributed by atoms with Crippen LogP contribution in [-0.4, -0.2) is 32.4 Å². The Balaban J connectivity index is 1.62. The third kappa shape index (κ3) is 8.69. The third-order valence-corrected chi connectivity index (χ3v) is 6.11. The van der Waals surface area contributed by atoms with E-state index in [0.717, 1.165) is 16.7 Å². The maximum atomic E-state index is 14.5. The number of carbonyl (C=O) groups excluding carboxylic acids is 1. The lowest BCUT2D eigenvalue weighted by molar-refractivity contribution is -0.143. The molecule has 0 saturated carbocycles. The van der Waals surface area contributed by atoms with Gasteiger partial charge in [-0.15, -0.1) is 0 Å². The molecule has 0 aliphatic carbocycles. The number of hydrogen-bond acceptors (Lipinski definition) is 5. The van der Waals surface area contributed by atoms with Crippen molar-refractivity contribution >= 4 is 11.7 Å². The van der Waals surface area contributed by atoms with Gasteiger partial charge in [-0.05, 0) is 91.3 Å². The molecule has 198 valence electrons. The van der Waals surface area contributed by atoms with Crippen LogP contribution in [-0.2, 0) is 38.6 Å². The topological polar surface area (TPSA) is 56.8 Å². The zero-order chi connectivity index (χ0) is 26.6. The van der Waals surface area contributed by atoms with Gasteiger partial charge in [-0.25, -0.2) is 4.39 Å². The minimum atomic E-state index is -0.323. The van der Waals surface area contributed by atoms with Gasteiger partial charge in [0.1, 0.15) is 5.82 Å². The second-order valence-corrected chi connectivity index (χ2v) is 9.02. The number of benzene rings is 3. The van der Waals surface area contributed by atoms with Gasteiger partial charge < -0.3 is 19.5 Å². The second kappa shape index (κ2) is 14.5. The van der Waals surface area contributed by atoms with E-state index in [2.05, 4.69) is 55.6 Å². The lowest BCUT2D eigenvalue weighted by Gasteiger charge is -2.15. The van der Waals surface area contributed by atoms with Crippen LogP contribution >= 0.6 is 0 Å². The van der Waals surface area contributed by atoms with E-state index in [-0.39, 0.29) is 18.2 Å². The zero-order valence-electron chi connectivity index (χ0n) is 22.4. The fraction of sp³-hybridized carbons (Fsp3) is 0.387. The van der Waals surface area contributed by atoms with Crippen molar-refractivity contribution in [3.63, 3.8) is 0 Å². The lowest BCUT2D eigenvalue weighted by Crippen LogP contribution is -2.06. The molecule has 0 aromatic heterocycles. The zero-order valence-corrected chi connectivity index (χ0v) is 22.4. The Labute approximate surface area is 220 Å². The first kappa shape index (κ1) is 28.4. The molecule has 3 rings (SSSR count). The van der Waals surface area contributed by atoms with E-state index in [1.807, 2.05) is 13.0 Å². The largest absolute Gasteiger partial charge is 0.466 e. The molecule has 6 heteroatoms. The summed E-state index contributed by atoms with van der Waals surface area (Å²) in [6.45, 7) is 11.4. The number of hydrogen-bond donors (Lipinski definition) is 1. The summed E-state index contributed by atoms with van der Waals surface area (Å²) < 4.78 is 30.5. The van der Waals surface area contributed by atoms with Gasteiger partial charge in [0, 0.05) is 25.3 Å². The summed E-state index contributed by atoms with van der Waals surface area (Å²) >= 11 is 0. The average molecular weight is 508 g/mol. The van der Waals surface area contributed by atoms with Crippen molar-refractivity contribution in [3.05, 3.63) is 88.2 Å². The Kier molecular flexibility index (Phi) is 11.1. The summed E-state index contributed by atoms with van der Waals surface area (Å²) in [5.41, 5.74) is 8.24. The smallest absolute Gasteiger partial charge is 0.306 e. The Bertz CT molecular complexity index is 1150. The number of carbonyl (C=O) groups is 1. The molecular weight excluding hydrogens is 469 g/mol. The fourth-order valence-electron chi connectivity index (χ4n) is 4.41. The summed E-state index contributed by atoms with van der Waals surface area (Å²) in [4.78, 5) is 11.5. The molecule has 0 aliphatic rings. The van der Waals surface area contributed by atoms with Crippen LogP contribution in [0.2, 0.25) is 0 Å². The van der Waals surface area contributed by atoms with Crippen LogP contribution in [0.1, 0.15) is 48.1 Å². The van der Waals surface area contributed by atoms with E-state index >= 15 is 0 Å². The standard InChI is InChI=1S/C31H38FNO4/c1-5-35-14-15-36-21-25-16-22(3)31(23(4)17-25)27-9-7-8-24(18-27)20-33-28-12-10-26(29(32)19-28)11-13-30(34)37-6-2/h7-10,12,16-19,33H,5-6,11,13-15,20-21H2,1-4H3. The van der Waals surface area contributed by atoms with Crippen LogP contribution in [0.15, 0.2) is 54.6 Å². The van der Waals surface area contributed by atoms with Gasteiger partial charge in [0.25, 0.3) is 0 Å².